The molecule has 154 valence electrons. The van der Waals surface area contributed by atoms with E-state index in [-0.39, 0.29) is 0 Å². The summed E-state index contributed by atoms with van der Waals surface area (Å²) in [7, 11) is 0. The van der Waals surface area contributed by atoms with Crippen molar-refractivity contribution < 1.29 is 24.6 Å². The number of H-pyrrole nitrogens is 1. The molecule has 2 aromatic rings. The van der Waals surface area contributed by atoms with Crippen molar-refractivity contribution in [3.63, 3.8) is 0 Å². The summed E-state index contributed by atoms with van der Waals surface area (Å²) >= 11 is 0. The number of carbonyl (C=O) groups excluding carboxylic acids is 1. The molecule has 0 bridgehead atoms. The number of hydrogen-bond donors (Lipinski definition) is 4. The molecule has 0 spiro atoms. The Labute approximate surface area is 168 Å². The molecule has 0 saturated carbocycles. The lowest BCUT2D eigenvalue weighted by Crippen LogP contribution is -2.43. The van der Waals surface area contributed by atoms with E-state index in [2.05, 4.69) is 24.1 Å². The predicted molar refractivity (Wildman–Crippen MR) is 109 cm³/mol. The van der Waals surface area contributed by atoms with Crippen molar-refractivity contribution in [2.45, 2.75) is 26.3 Å². The number of rotatable bonds is 6. The van der Waals surface area contributed by atoms with Crippen LogP contribution in [0.2, 0.25) is 0 Å². The van der Waals surface area contributed by atoms with Gasteiger partial charge in [0.1, 0.15) is 6.04 Å². The van der Waals surface area contributed by atoms with Crippen molar-refractivity contribution in [3.8, 4) is 0 Å². The fraction of sp³-hybridized carbons (Fsp3) is 0.381. The molecule has 8 nitrogen and oxygen atoms in total. The van der Waals surface area contributed by atoms with E-state index < -0.39 is 23.9 Å². The number of nitrogens with zero attached hydrogens (tertiary/aromatic N) is 1. The number of nitrogens with one attached hydrogen (secondary N) is 2. The number of aromatic amines is 1. The van der Waals surface area contributed by atoms with Crippen LogP contribution in [0.3, 0.4) is 0 Å². The second-order valence-corrected chi connectivity index (χ2v) is 7.81. The van der Waals surface area contributed by atoms with Crippen molar-refractivity contribution in [2.75, 3.05) is 18.4 Å². The zero-order chi connectivity index (χ0) is 21.1. The van der Waals surface area contributed by atoms with E-state index in [0.29, 0.717) is 28.6 Å². The minimum Gasteiger partial charge on any atom is -0.480 e. The molecule has 1 unspecified atom stereocenters. The molecule has 1 amide bonds. The molecule has 3 rings (SSSR count). The van der Waals surface area contributed by atoms with Gasteiger partial charge < -0.3 is 20.5 Å². The average Bonchev–Trinajstić information content (AvgIpc) is 3.02. The summed E-state index contributed by atoms with van der Waals surface area (Å²) in [4.78, 5) is 39.5. The van der Waals surface area contributed by atoms with Crippen molar-refractivity contribution in [1.29, 1.82) is 0 Å². The normalized spacial score (nSPS) is 21.3. The van der Waals surface area contributed by atoms with Gasteiger partial charge in [0.2, 0.25) is 5.91 Å². The third kappa shape index (κ3) is 4.83. The van der Waals surface area contributed by atoms with Crippen LogP contribution in [0.5, 0.6) is 0 Å². The maximum absolute atomic E-state index is 12.1. The minimum atomic E-state index is -1.20. The standard InChI is InChI=1S/C21H25N3O5/c1-12-7-13(2)11-24(10-12)20(21(28)29)16-9-22-17-8-14(3-4-15(16)17)23-18(25)5-6-19(26)27/h3-6,8-9,12-13,20,22H,7,10-11H2,1-2H3,(H,23,25)(H,26,27)(H,28,29)/b6-5+/t12-,13+,20?. The summed E-state index contributed by atoms with van der Waals surface area (Å²) in [5.41, 5.74) is 1.87. The number of aliphatic carboxylic acids is 2. The Bertz CT molecular complexity index is 954. The molecule has 1 aromatic carbocycles. The van der Waals surface area contributed by atoms with Crippen LogP contribution in [0.1, 0.15) is 31.9 Å². The Morgan fingerprint density at radius 2 is 1.86 bits per heavy atom. The van der Waals surface area contributed by atoms with Crippen molar-refractivity contribution in [3.05, 3.63) is 42.1 Å². The fourth-order valence-electron chi connectivity index (χ4n) is 4.19. The second-order valence-electron chi connectivity index (χ2n) is 7.81. The minimum absolute atomic E-state index is 0.437. The number of carboxylic acids is 2. The van der Waals surface area contributed by atoms with Gasteiger partial charge in [-0.1, -0.05) is 19.9 Å². The monoisotopic (exact) mass is 399 g/mol. The topological polar surface area (TPSA) is 123 Å². The molecule has 29 heavy (non-hydrogen) atoms. The summed E-state index contributed by atoms with van der Waals surface area (Å²) in [5.74, 6) is -1.77. The van der Waals surface area contributed by atoms with Gasteiger partial charge in [0.05, 0.1) is 0 Å². The van der Waals surface area contributed by atoms with Gasteiger partial charge in [-0.05, 0) is 30.4 Å². The Balaban J connectivity index is 1.87. The zero-order valence-electron chi connectivity index (χ0n) is 16.4. The third-order valence-corrected chi connectivity index (χ3v) is 5.15. The highest BCUT2D eigenvalue weighted by atomic mass is 16.4. The van der Waals surface area contributed by atoms with E-state index in [1.807, 2.05) is 4.90 Å². The molecular formula is C21H25N3O5. The summed E-state index contributed by atoms with van der Waals surface area (Å²) in [6.07, 6.45) is 4.50. The number of anilines is 1. The lowest BCUT2D eigenvalue weighted by Gasteiger charge is -2.38. The van der Waals surface area contributed by atoms with Crippen molar-refractivity contribution in [2.24, 2.45) is 11.8 Å². The summed E-state index contributed by atoms with van der Waals surface area (Å²) < 4.78 is 0. The number of fused-ring (bicyclic) bond motifs is 1. The van der Waals surface area contributed by atoms with Crippen LogP contribution in [0.4, 0.5) is 5.69 Å². The summed E-state index contributed by atoms with van der Waals surface area (Å²) in [6.45, 7) is 5.76. The molecule has 1 aromatic heterocycles. The summed E-state index contributed by atoms with van der Waals surface area (Å²) in [6, 6.07) is 4.40. The molecular weight excluding hydrogens is 374 g/mol. The molecule has 1 aliphatic rings. The number of piperidine rings is 1. The largest absolute Gasteiger partial charge is 0.480 e. The van der Waals surface area contributed by atoms with Crippen LogP contribution in [0, 0.1) is 11.8 Å². The van der Waals surface area contributed by atoms with Gasteiger partial charge in [0, 0.05) is 53.6 Å². The van der Waals surface area contributed by atoms with E-state index in [1.54, 1.807) is 24.4 Å². The second kappa shape index (κ2) is 8.48. The predicted octanol–water partition coefficient (Wildman–Crippen LogP) is 2.85. The maximum Gasteiger partial charge on any atom is 0.328 e. The van der Waals surface area contributed by atoms with Crippen LogP contribution in [-0.2, 0) is 14.4 Å². The van der Waals surface area contributed by atoms with Crippen LogP contribution in [-0.4, -0.2) is 51.0 Å². The van der Waals surface area contributed by atoms with Gasteiger partial charge in [0.25, 0.3) is 0 Å². The van der Waals surface area contributed by atoms with Crippen LogP contribution < -0.4 is 5.32 Å². The molecule has 2 heterocycles. The van der Waals surface area contributed by atoms with Crippen molar-refractivity contribution in [1.82, 2.24) is 9.88 Å². The lowest BCUT2D eigenvalue weighted by molar-refractivity contribution is -0.144. The van der Waals surface area contributed by atoms with Gasteiger partial charge >= 0.3 is 11.9 Å². The Morgan fingerprint density at radius 3 is 2.48 bits per heavy atom. The molecule has 1 fully saturated rings. The third-order valence-electron chi connectivity index (χ3n) is 5.15. The smallest absolute Gasteiger partial charge is 0.328 e. The van der Waals surface area contributed by atoms with Gasteiger partial charge in [-0.3, -0.25) is 14.5 Å². The highest BCUT2D eigenvalue weighted by Crippen LogP contribution is 2.34. The van der Waals surface area contributed by atoms with E-state index in [1.165, 1.54) is 0 Å². The lowest BCUT2D eigenvalue weighted by atomic mass is 9.89. The van der Waals surface area contributed by atoms with Crippen LogP contribution >= 0.6 is 0 Å². The van der Waals surface area contributed by atoms with Crippen LogP contribution in [0.15, 0.2) is 36.5 Å². The molecule has 4 N–H and O–H groups in total. The Hall–Kier alpha value is -3.13. The number of hydrogen-bond acceptors (Lipinski definition) is 4. The van der Waals surface area contributed by atoms with E-state index in [0.717, 1.165) is 37.0 Å². The number of amides is 1. The maximum atomic E-state index is 12.1. The zero-order valence-corrected chi connectivity index (χ0v) is 16.4. The Kier molecular flexibility index (Phi) is 6.03. The van der Waals surface area contributed by atoms with Gasteiger partial charge in [-0.25, -0.2) is 4.79 Å². The van der Waals surface area contributed by atoms with E-state index in [4.69, 9.17) is 5.11 Å². The molecule has 1 saturated heterocycles. The first-order valence-corrected chi connectivity index (χ1v) is 9.54. The highest BCUT2D eigenvalue weighted by Gasteiger charge is 2.34. The molecule has 1 aliphatic heterocycles. The SMILES string of the molecule is C[C@@H]1C[C@H](C)CN(C(C(=O)O)c2c[nH]c3cc(NC(=O)/C=C/C(=O)O)ccc23)C1. The number of carboxylic acid groups (broad SMARTS) is 2. The van der Waals surface area contributed by atoms with Crippen LogP contribution in [0.25, 0.3) is 10.9 Å². The molecule has 0 radical (unpaired) electrons. The van der Waals surface area contributed by atoms with E-state index in [9.17, 15) is 19.5 Å². The molecule has 3 atom stereocenters. The Morgan fingerprint density at radius 1 is 1.17 bits per heavy atom. The summed E-state index contributed by atoms with van der Waals surface area (Å²) in [5, 5.41) is 21.9. The average molecular weight is 399 g/mol. The first kappa shape index (κ1) is 20.6. The van der Waals surface area contributed by atoms with Crippen molar-refractivity contribution >= 4 is 34.4 Å². The number of carbonyl (C=O) groups is 3. The van der Waals surface area contributed by atoms with Gasteiger partial charge in [0.15, 0.2) is 0 Å². The molecule has 0 aliphatic carbocycles. The van der Waals surface area contributed by atoms with Gasteiger partial charge in [-0.15, -0.1) is 0 Å². The number of aromatic nitrogens is 1. The van der Waals surface area contributed by atoms with E-state index >= 15 is 0 Å². The van der Waals surface area contributed by atoms with Gasteiger partial charge in [-0.2, -0.15) is 0 Å². The highest BCUT2D eigenvalue weighted by molar-refractivity contribution is 6.03. The first-order valence-electron chi connectivity index (χ1n) is 9.54. The fourth-order valence-corrected chi connectivity index (χ4v) is 4.19. The number of benzene rings is 1. The molecule has 8 heteroatoms. The first-order chi connectivity index (χ1) is 13.7. The number of likely N-dealkylation sites (tertiary alicyclic amines) is 1. The quantitative estimate of drug-likeness (QED) is 0.554.